The van der Waals surface area contributed by atoms with Gasteiger partial charge in [0.1, 0.15) is 6.33 Å². The minimum absolute atomic E-state index is 0.588. The van der Waals surface area contributed by atoms with Crippen LogP contribution in [0.1, 0.15) is 18.5 Å². The van der Waals surface area contributed by atoms with Crippen LogP contribution in [0.25, 0.3) is 5.69 Å². The quantitative estimate of drug-likeness (QED) is 0.843. The van der Waals surface area contributed by atoms with Crippen LogP contribution in [0.2, 0.25) is 0 Å². The third-order valence-corrected chi connectivity index (χ3v) is 2.56. The van der Waals surface area contributed by atoms with Crippen molar-refractivity contribution in [1.82, 2.24) is 19.5 Å². The van der Waals surface area contributed by atoms with Gasteiger partial charge in [0.25, 0.3) is 0 Å². The number of rotatable bonds is 3. The van der Waals surface area contributed by atoms with E-state index in [0.717, 1.165) is 17.3 Å². The molecule has 2 aromatic rings. The molecule has 0 aliphatic heterocycles. The fourth-order valence-electron chi connectivity index (χ4n) is 1.62. The van der Waals surface area contributed by atoms with Crippen LogP contribution < -0.4 is 5.32 Å². The summed E-state index contributed by atoms with van der Waals surface area (Å²) in [5.74, 6) is 0.884. The maximum atomic E-state index is 4.46. The summed E-state index contributed by atoms with van der Waals surface area (Å²) in [7, 11) is 0. The summed E-state index contributed by atoms with van der Waals surface area (Å²) >= 11 is 0. The van der Waals surface area contributed by atoms with Gasteiger partial charge in [-0.1, -0.05) is 0 Å². The first kappa shape index (κ1) is 9.33. The zero-order chi connectivity index (χ0) is 11.0. The van der Waals surface area contributed by atoms with Crippen LogP contribution in [0.5, 0.6) is 0 Å². The number of nitrogens with zero attached hydrogens (tertiary/aromatic N) is 4. The van der Waals surface area contributed by atoms with E-state index in [9.17, 15) is 0 Å². The van der Waals surface area contributed by atoms with Gasteiger partial charge in [-0.05, 0) is 19.8 Å². The fraction of sp³-hybridized carbons (Fsp3) is 0.364. The first-order chi connectivity index (χ1) is 7.83. The van der Waals surface area contributed by atoms with Crippen LogP contribution in [0.3, 0.4) is 0 Å². The van der Waals surface area contributed by atoms with Gasteiger partial charge in [0.15, 0.2) is 0 Å². The summed E-state index contributed by atoms with van der Waals surface area (Å²) in [6.45, 7) is 1.98. The highest BCUT2D eigenvalue weighted by Crippen LogP contribution is 2.25. The molecule has 1 aliphatic rings. The summed E-state index contributed by atoms with van der Waals surface area (Å²) in [6.07, 6.45) is 9.55. The van der Waals surface area contributed by atoms with Crippen molar-refractivity contribution in [2.45, 2.75) is 25.8 Å². The van der Waals surface area contributed by atoms with Gasteiger partial charge >= 0.3 is 0 Å². The van der Waals surface area contributed by atoms with Crippen molar-refractivity contribution in [3.05, 3.63) is 30.6 Å². The zero-order valence-electron chi connectivity index (χ0n) is 9.09. The Labute approximate surface area is 93.6 Å². The van der Waals surface area contributed by atoms with E-state index in [1.165, 1.54) is 19.2 Å². The SMILES string of the molecule is Cc1cn(-c2cncnc2)c(NC2CC2)n1. The molecule has 3 rings (SSSR count). The third kappa shape index (κ3) is 1.76. The molecule has 2 heterocycles. The van der Waals surface area contributed by atoms with Crippen LogP contribution in [0, 0.1) is 6.92 Å². The number of hydrogen-bond acceptors (Lipinski definition) is 4. The maximum Gasteiger partial charge on any atom is 0.208 e. The first-order valence-electron chi connectivity index (χ1n) is 5.41. The highest BCUT2D eigenvalue weighted by molar-refractivity contribution is 5.41. The molecule has 0 aromatic carbocycles. The van der Waals surface area contributed by atoms with Crippen LogP contribution in [-0.2, 0) is 0 Å². The van der Waals surface area contributed by atoms with Crippen molar-refractivity contribution in [3.63, 3.8) is 0 Å². The van der Waals surface area contributed by atoms with Gasteiger partial charge in [0, 0.05) is 12.2 Å². The molecule has 82 valence electrons. The molecule has 1 saturated carbocycles. The second kappa shape index (κ2) is 3.59. The van der Waals surface area contributed by atoms with E-state index in [1.807, 2.05) is 17.7 Å². The van der Waals surface area contributed by atoms with Crippen LogP contribution in [0.15, 0.2) is 24.9 Å². The molecule has 0 unspecified atom stereocenters. The summed E-state index contributed by atoms with van der Waals surface area (Å²) in [5, 5.41) is 3.40. The van der Waals surface area contributed by atoms with E-state index in [2.05, 4.69) is 20.3 Å². The average molecular weight is 215 g/mol. The Balaban J connectivity index is 1.98. The highest BCUT2D eigenvalue weighted by atomic mass is 15.2. The molecule has 1 aliphatic carbocycles. The normalized spacial score (nSPS) is 15.1. The van der Waals surface area contributed by atoms with Crippen LogP contribution in [-0.4, -0.2) is 25.6 Å². The topological polar surface area (TPSA) is 55.6 Å². The minimum Gasteiger partial charge on any atom is -0.353 e. The monoisotopic (exact) mass is 215 g/mol. The van der Waals surface area contributed by atoms with Gasteiger partial charge in [-0.25, -0.2) is 15.0 Å². The van der Waals surface area contributed by atoms with Crippen molar-refractivity contribution < 1.29 is 0 Å². The molecule has 5 heteroatoms. The van der Waals surface area contributed by atoms with E-state index in [1.54, 1.807) is 12.4 Å². The molecule has 0 saturated heterocycles. The van der Waals surface area contributed by atoms with Crippen LogP contribution >= 0.6 is 0 Å². The Morgan fingerprint density at radius 1 is 1.31 bits per heavy atom. The van der Waals surface area contributed by atoms with Crippen molar-refractivity contribution in [3.8, 4) is 5.69 Å². The lowest BCUT2D eigenvalue weighted by molar-refractivity contribution is 0.977. The molecule has 0 atom stereocenters. The Hall–Kier alpha value is -1.91. The standard InChI is InChI=1S/C11H13N5/c1-8-6-16(10-4-12-7-13-5-10)11(14-8)15-9-2-3-9/h4-7,9H,2-3H2,1H3,(H,14,15). The van der Waals surface area contributed by atoms with Gasteiger partial charge in [-0.2, -0.15) is 0 Å². The number of hydrogen-bond donors (Lipinski definition) is 1. The largest absolute Gasteiger partial charge is 0.353 e. The lowest BCUT2D eigenvalue weighted by Gasteiger charge is -2.07. The second-order valence-corrected chi connectivity index (χ2v) is 4.09. The van der Waals surface area contributed by atoms with Gasteiger partial charge in [0.2, 0.25) is 5.95 Å². The van der Waals surface area contributed by atoms with Crippen molar-refractivity contribution in [2.24, 2.45) is 0 Å². The number of anilines is 1. The fourth-order valence-corrected chi connectivity index (χ4v) is 1.62. The van der Waals surface area contributed by atoms with E-state index >= 15 is 0 Å². The van der Waals surface area contributed by atoms with Gasteiger partial charge in [-0.3, -0.25) is 4.57 Å². The molecule has 5 nitrogen and oxygen atoms in total. The molecular formula is C11H13N5. The molecule has 0 radical (unpaired) electrons. The Kier molecular flexibility index (Phi) is 2.09. The van der Waals surface area contributed by atoms with E-state index in [0.29, 0.717) is 6.04 Å². The maximum absolute atomic E-state index is 4.46. The number of imidazole rings is 1. The summed E-state index contributed by atoms with van der Waals surface area (Å²) in [6, 6.07) is 0.588. The van der Waals surface area contributed by atoms with E-state index in [4.69, 9.17) is 0 Å². The lowest BCUT2D eigenvalue weighted by Crippen LogP contribution is -2.07. The Bertz CT molecular complexity index is 486. The van der Waals surface area contributed by atoms with E-state index < -0.39 is 0 Å². The van der Waals surface area contributed by atoms with Crippen molar-refractivity contribution >= 4 is 5.95 Å². The van der Waals surface area contributed by atoms with Gasteiger partial charge in [-0.15, -0.1) is 0 Å². The summed E-state index contributed by atoms with van der Waals surface area (Å²) in [4.78, 5) is 12.5. The molecular weight excluding hydrogens is 202 g/mol. The number of aryl methyl sites for hydroxylation is 1. The average Bonchev–Trinajstić information content (AvgIpc) is 3.03. The predicted molar refractivity (Wildman–Crippen MR) is 60.5 cm³/mol. The summed E-state index contributed by atoms with van der Waals surface area (Å²) < 4.78 is 1.99. The highest BCUT2D eigenvalue weighted by Gasteiger charge is 2.23. The molecule has 16 heavy (non-hydrogen) atoms. The zero-order valence-corrected chi connectivity index (χ0v) is 9.09. The number of aromatic nitrogens is 4. The van der Waals surface area contributed by atoms with E-state index in [-0.39, 0.29) is 0 Å². The molecule has 0 bridgehead atoms. The van der Waals surface area contributed by atoms with Gasteiger partial charge < -0.3 is 5.32 Å². The molecule has 1 fully saturated rings. The third-order valence-electron chi connectivity index (χ3n) is 2.56. The predicted octanol–water partition coefficient (Wildman–Crippen LogP) is 1.55. The molecule has 0 spiro atoms. The molecule has 0 amide bonds. The van der Waals surface area contributed by atoms with Crippen molar-refractivity contribution in [2.75, 3.05) is 5.32 Å². The number of nitrogens with one attached hydrogen (secondary N) is 1. The van der Waals surface area contributed by atoms with Crippen LogP contribution in [0.4, 0.5) is 5.95 Å². The Morgan fingerprint density at radius 3 is 2.75 bits per heavy atom. The minimum atomic E-state index is 0.588. The molecule has 2 aromatic heterocycles. The Morgan fingerprint density at radius 2 is 2.06 bits per heavy atom. The molecule has 1 N–H and O–H groups in total. The summed E-state index contributed by atoms with van der Waals surface area (Å²) in [5.41, 5.74) is 1.93. The lowest BCUT2D eigenvalue weighted by atomic mass is 10.5. The second-order valence-electron chi connectivity index (χ2n) is 4.09. The first-order valence-corrected chi connectivity index (χ1v) is 5.41. The van der Waals surface area contributed by atoms with Crippen molar-refractivity contribution in [1.29, 1.82) is 0 Å². The van der Waals surface area contributed by atoms with Gasteiger partial charge in [0.05, 0.1) is 23.8 Å². The smallest absolute Gasteiger partial charge is 0.208 e.